The van der Waals surface area contributed by atoms with E-state index in [-0.39, 0.29) is 19.1 Å². The highest BCUT2D eigenvalue weighted by Crippen LogP contribution is 2.29. The molecule has 0 saturated carbocycles. The van der Waals surface area contributed by atoms with Gasteiger partial charge in [-0.05, 0) is 38.3 Å². The van der Waals surface area contributed by atoms with Crippen LogP contribution < -0.4 is 15.5 Å². The fourth-order valence-corrected chi connectivity index (χ4v) is 6.03. The number of nitrogens with zero attached hydrogens (tertiary/aromatic N) is 6. The highest BCUT2D eigenvalue weighted by molar-refractivity contribution is 7.19. The number of ether oxygens (including phenoxy) is 1. The number of carbonyl (C=O) groups excluding carboxylic acids is 2. The zero-order chi connectivity index (χ0) is 25.9. The van der Waals surface area contributed by atoms with Crippen LogP contribution in [-0.2, 0) is 4.74 Å². The monoisotopic (exact) mass is 552 g/mol. The number of urea groups is 1. The van der Waals surface area contributed by atoms with Crippen LogP contribution in [-0.4, -0.2) is 95.0 Å². The molecule has 3 saturated heterocycles. The van der Waals surface area contributed by atoms with E-state index in [1.165, 1.54) is 24.3 Å². The normalized spacial score (nSPS) is 27.3. The molecule has 11 nitrogen and oxygen atoms in total. The lowest BCUT2D eigenvalue weighted by Crippen LogP contribution is -2.55. The van der Waals surface area contributed by atoms with E-state index < -0.39 is 24.3 Å². The number of hydrogen-bond donors (Lipinski definition) is 2. The molecule has 0 aliphatic carbocycles. The Morgan fingerprint density at radius 1 is 1.19 bits per heavy atom. The molecule has 3 aliphatic rings. The number of thiazole rings is 1. The maximum Gasteiger partial charge on any atom is 0.413 e. The number of likely N-dealkylation sites (N-methyl/N-ethyl adjacent to an activating group) is 1. The second-order valence-corrected chi connectivity index (χ2v) is 11.3. The first kappa shape index (κ1) is 25.9. The Morgan fingerprint density at radius 3 is 2.86 bits per heavy atom. The van der Waals surface area contributed by atoms with E-state index in [0.717, 1.165) is 50.2 Å². The van der Waals surface area contributed by atoms with Crippen LogP contribution in [0.25, 0.3) is 0 Å². The van der Waals surface area contributed by atoms with E-state index in [1.807, 2.05) is 0 Å². The number of alkyl halides is 1. The molecule has 2 aromatic heterocycles. The molecule has 0 spiro atoms. The summed E-state index contributed by atoms with van der Waals surface area (Å²) in [6.45, 7) is 3.62. The molecule has 5 heterocycles. The summed E-state index contributed by atoms with van der Waals surface area (Å²) in [7, 11) is 1.54. The Labute approximate surface area is 223 Å². The third-order valence-electron chi connectivity index (χ3n) is 7.22. The molecule has 14 heteroatoms. The fraction of sp³-hybridized carbons (Fsp3) is 0.609. The number of amides is 3. The van der Waals surface area contributed by atoms with Crippen molar-refractivity contribution in [1.82, 2.24) is 24.8 Å². The summed E-state index contributed by atoms with van der Waals surface area (Å²) in [5, 5.41) is 5.70. The topological polar surface area (TPSA) is 116 Å². The third-order valence-corrected chi connectivity index (χ3v) is 8.25. The number of aromatic nitrogens is 3. The van der Waals surface area contributed by atoms with Gasteiger partial charge in [-0.2, -0.15) is 4.98 Å². The maximum atomic E-state index is 14.9. The van der Waals surface area contributed by atoms with Gasteiger partial charge in [0.05, 0.1) is 12.2 Å². The predicted octanol–water partition coefficient (Wildman–Crippen LogP) is 3.70. The summed E-state index contributed by atoms with van der Waals surface area (Å²) in [4.78, 5) is 43.6. The van der Waals surface area contributed by atoms with Gasteiger partial charge < -0.3 is 19.4 Å². The first-order valence-corrected chi connectivity index (χ1v) is 13.6. The van der Waals surface area contributed by atoms with E-state index in [2.05, 4.69) is 30.5 Å². The van der Waals surface area contributed by atoms with Gasteiger partial charge in [0.25, 0.3) is 0 Å². The highest BCUT2D eigenvalue weighted by atomic mass is 35.5. The van der Waals surface area contributed by atoms with E-state index in [9.17, 15) is 14.0 Å². The van der Waals surface area contributed by atoms with Crippen LogP contribution in [0.1, 0.15) is 25.7 Å². The fourth-order valence-electron chi connectivity index (χ4n) is 5.23. The Kier molecular flexibility index (Phi) is 7.91. The van der Waals surface area contributed by atoms with Gasteiger partial charge >= 0.3 is 12.1 Å². The van der Waals surface area contributed by atoms with Crippen LogP contribution in [0.15, 0.2) is 18.5 Å². The van der Waals surface area contributed by atoms with Gasteiger partial charge in [0, 0.05) is 45.3 Å². The lowest BCUT2D eigenvalue weighted by atomic mass is 9.87. The highest BCUT2D eigenvalue weighted by Gasteiger charge is 2.36. The van der Waals surface area contributed by atoms with Crippen LogP contribution in [0.3, 0.4) is 0 Å². The van der Waals surface area contributed by atoms with Crippen LogP contribution >= 0.6 is 22.9 Å². The molecule has 3 fully saturated rings. The van der Waals surface area contributed by atoms with Crippen LogP contribution in [0.4, 0.5) is 30.9 Å². The molecule has 200 valence electrons. The smallest absolute Gasteiger partial charge is 0.413 e. The molecule has 5 atom stereocenters. The quantitative estimate of drug-likeness (QED) is 0.577. The minimum atomic E-state index is -1.21. The Hall–Kier alpha value is -2.77. The van der Waals surface area contributed by atoms with Crippen LogP contribution in [0.5, 0.6) is 0 Å². The molecule has 2 aromatic rings. The van der Waals surface area contributed by atoms with Crippen LogP contribution in [0, 0.1) is 5.92 Å². The zero-order valence-electron chi connectivity index (χ0n) is 20.5. The van der Waals surface area contributed by atoms with Gasteiger partial charge in [0.1, 0.15) is 22.4 Å². The van der Waals surface area contributed by atoms with E-state index in [4.69, 9.17) is 16.3 Å². The molecule has 3 aliphatic heterocycles. The third kappa shape index (κ3) is 6.21. The SMILES string of the molecule is CN(C(=O)Nc1ncc(Cl)s1)[C@H]1CN(c2nccc(NC(=O)OC3CCN4CCCC3C4)n2)CC[C@H]1F. The molecule has 2 bridgehead atoms. The van der Waals surface area contributed by atoms with Crippen molar-refractivity contribution in [3.8, 4) is 0 Å². The van der Waals surface area contributed by atoms with Crippen molar-refractivity contribution in [1.29, 1.82) is 0 Å². The second kappa shape index (κ2) is 11.3. The molecule has 0 aromatic carbocycles. The molecular weight excluding hydrogens is 523 g/mol. The standard InChI is InChI=1S/C23H30ClFN8O3S/c1-31(22(34)30-21-27-11-18(24)37-21)16-13-33(10-5-15(16)25)20-26-7-4-19(28-20)29-23(35)36-17-6-9-32-8-2-3-14(17)12-32/h4,7,11,14-17H,2-3,5-6,8-10,12-13H2,1H3,(H,27,30,34)(H,26,28,29,35)/t14?,15-,16+,17?/m1/s1. The van der Waals surface area contributed by atoms with Gasteiger partial charge in [-0.15, -0.1) is 0 Å². The van der Waals surface area contributed by atoms with E-state index >= 15 is 0 Å². The number of nitrogens with one attached hydrogen (secondary N) is 2. The number of anilines is 3. The van der Waals surface area contributed by atoms with Gasteiger partial charge in [-0.25, -0.2) is 23.9 Å². The van der Waals surface area contributed by atoms with Gasteiger partial charge in [-0.3, -0.25) is 10.6 Å². The van der Waals surface area contributed by atoms with Crippen molar-refractivity contribution in [2.24, 2.45) is 5.92 Å². The van der Waals surface area contributed by atoms with E-state index in [0.29, 0.717) is 33.7 Å². The number of rotatable bonds is 5. The van der Waals surface area contributed by atoms with Crippen molar-refractivity contribution in [2.45, 2.75) is 44.0 Å². The molecule has 3 amide bonds. The minimum absolute atomic E-state index is 0.0933. The van der Waals surface area contributed by atoms with Crippen molar-refractivity contribution in [3.63, 3.8) is 0 Å². The van der Waals surface area contributed by atoms with Crippen molar-refractivity contribution in [3.05, 3.63) is 22.8 Å². The van der Waals surface area contributed by atoms with Gasteiger partial charge in [0.2, 0.25) is 5.95 Å². The first-order chi connectivity index (χ1) is 17.9. The van der Waals surface area contributed by atoms with Gasteiger partial charge in [-0.1, -0.05) is 22.9 Å². The second-order valence-electron chi connectivity index (χ2n) is 9.63. The molecule has 37 heavy (non-hydrogen) atoms. The Morgan fingerprint density at radius 2 is 2.05 bits per heavy atom. The molecule has 3 unspecified atom stereocenters. The summed E-state index contributed by atoms with van der Waals surface area (Å²) < 4.78 is 21.0. The van der Waals surface area contributed by atoms with Gasteiger partial charge in [0.15, 0.2) is 5.13 Å². The zero-order valence-corrected chi connectivity index (χ0v) is 22.1. The van der Waals surface area contributed by atoms with Crippen LogP contribution in [0.2, 0.25) is 4.34 Å². The summed E-state index contributed by atoms with van der Waals surface area (Å²) in [5.74, 6) is 1.02. The number of halogens is 2. The maximum absolute atomic E-state index is 14.9. The molecule has 5 rings (SSSR count). The number of fused-ring (bicyclic) bond motifs is 2. The largest absolute Gasteiger partial charge is 0.446 e. The molecular formula is C23H30ClFN8O3S. The number of hydrogen-bond acceptors (Lipinski definition) is 9. The lowest BCUT2D eigenvalue weighted by Gasteiger charge is -2.41. The predicted molar refractivity (Wildman–Crippen MR) is 139 cm³/mol. The molecule has 2 N–H and O–H groups in total. The minimum Gasteiger partial charge on any atom is -0.446 e. The summed E-state index contributed by atoms with van der Waals surface area (Å²) in [5.41, 5.74) is 0. The average Bonchev–Trinajstić information content (AvgIpc) is 3.30. The van der Waals surface area contributed by atoms with Crippen molar-refractivity contribution < 1.29 is 18.7 Å². The van der Waals surface area contributed by atoms with Crippen molar-refractivity contribution in [2.75, 3.05) is 55.3 Å². The molecule has 0 radical (unpaired) electrons. The first-order valence-electron chi connectivity index (χ1n) is 12.4. The van der Waals surface area contributed by atoms with Crippen molar-refractivity contribution >= 4 is 52.0 Å². The number of carbonyl (C=O) groups is 2. The average molecular weight is 553 g/mol. The summed E-state index contributed by atoms with van der Waals surface area (Å²) in [6, 6.07) is 0.380. The summed E-state index contributed by atoms with van der Waals surface area (Å²) in [6.07, 6.45) is 4.38. The van der Waals surface area contributed by atoms with E-state index in [1.54, 1.807) is 11.0 Å². The number of piperidine rings is 3. The Balaban J connectivity index is 1.18. The Bertz CT molecular complexity index is 1130. The lowest BCUT2D eigenvalue weighted by molar-refractivity contribution is -0.00826. The summed E-state index contributed by atoms with van der Waals surface area (Å²) >= 11 is 7.00.